The van der Waals surface area contributed by atoms with Gasteiger partial charge in [-0.2, -0.15) is 0 Å². The summed E-state index contributed by atoms with van der Waals surface area (Å²) < 4.78 is 5.69. The second-order valence-electron chi connectivity index (χ2n) is 9.08. The third-order valence-corrected chi connectivity index (χ3v) is 6.55. The van der Waals surface area contributed by atoms with E-state index in [2.05, 4.69) is 85.8 Å². The Morgan fingerprint density at radius 1 is 1.09 bits per heavy atom. The first-order valence-corrected chi connectivity index (χ1v) is 12.7. The molecule has 2 atom stereocenters. The molecule has 0 aromatic heterocycles. The van der Waals surface area contributed by atoms with Gasteiger partial charge >= 0.3 is 0 Å². The lowest BCUT2D eigenvalue weighted by Gasteiger charge is -2.39. The summed E-state index contributed by atoms with van der Waals surface area (Å²) in [6.45, 7) is 17.7. The number of benzene rings is 1. The van der Waals surface area contributed by atoms with E-state index in [-0.39, 0.29) is 35.6 Å². The molecule has 1 saturated heterocycles. The van der Waals surface area contributed by atoms with Crippen LogP contribution >= 0.6 is 24.0 Å². The number of hydrogen-bond acceptors (Lipinski definition) is 4. The molecular weight excluding hydrogens is 525 g/mol. The topological polar surface area (TPSA) is 60.9 Å². The van der Waals surface area contributed by atoms with E-state index in [9.17, 15) is 0 Å². The fraction of sp³-hybridized carbons (Fsp3) is 0.731. The van der Waals surface area contributed by atoms with Crippen LogP contribution in [0, 0.1) is 0 Å². The molecule has 7 heteroatoms. The van der Waals surface area contributed by atoms with Gasteiger partial charge in [0.2, 0.25) is 0 Å². The monoisotopic (exact) mass is 573 g/mol. The van der Waals surface area contributed by atoms with E-state index in [1.807, 2.05) is 0 Å². The summed E-state index contributed by atoms with van der Waals surface area (Å²) >= 11 is 0. The Morgan fingerprint density at radius 3 is 2.36 bits per heavy atom. The Bertz CT molecular complexity index is 647. The van der Waals surface area contributed by atoms with E-state index in [4.69, 9.17) is 9.73 Å². The predicted octanol–water partition coefficient (Wildman–Crippen LogP) is 4.57. The van der Waals surface area contributed by atoms with Gasteiger partial charge in [0.15, 0.2) is 5.96 Å². The average Bonchev–Trinajstić information content (AvgIpc) is 2.82. The third kappa shape index (κ3) is 10.9. The van der Waals surface area contributed by atoms with Crippen LogP contribution in [0.4, 0.5) is 0 Å². The summed E-state index contributed by atoms with van der Waals surface area (Å²) in [4.78, 5) is 7.52. The van der Waals surface area contributed by atoms with Crippen molar-refractivity contribution in [2.75, 3.05) is 45.9 Å². The lowest BCUT2D eigenvalue weighted by atomic mass is 9.88. The number of hydrogen-bond donors (Lipinski definition) is 3. The first kappa shape index (κ1) is 30.1. The molecule has 3 N–H and O–H groups in total. The minimum absolute atomic E-state index is 0. The van der Waals surface area contributed by atoms with E-state index in [1.54, 1.807) is 0 Å². The molecule has 0 saturated carbocycles. The Balaban J connectivity index is 0.00000544. The lowest BCUT2D eigenvalue weighted by molar-refractivity contribution is 0.0374. The smallest absolute Gasteiger partial charge is 0.191 e. The molecule has 0 aliphatic carbocycles. The van der Waals surface area contributed by atoms with Gasteiger partial charge in [-0.15, -0.1) is 24.0 Å². The molecular formula is C26H48IN5O. The highest BCUT2D eigenvalue weighted by atomic mass is 127. The zero-order valence-electron chi connectivity index (χ0n) is 21.5. The van der Waals surface area contributed by atoms with Gasteiger partial charge in [0.1, 0.15) is 0 Å². The molecule has 2 unspecified atom stereocenters. The zero-order chi connectivity index (χ0) is 23.2. The number of ether oxygens (including phenoxy) is 1. The first-order chi connectivity index (χ1) is 15.5. The van der Waals surface area contributed by atoms with Crippen LogP contribution in [0.25, 0.3) is 0 Å². The van der Waals surface area contributed by atoms with Crippen LogP contribution in [-0.4, -0.2) is 68.4 Å². The molecule has 1 aromatic rings. The van der Waals surface area contributed by atoms with E-state index >= 15 is 0 Å². The summed E-state index contributed by atoms with van der Waals surface area (Å²) in [6.07, 6.45) is 4.30. The van der Waals surface area contributed by atoms with Crippen LogP contribution in [0.5, 0.6) is 0 Å². The molecule has 0 spiro atoms. The summed E-state index contributed by atoms with van der Waals surface area (Å²) in [5.41, 5.74) is 1.27. The maximum absolute atomic E-state index is 5.69. The van der Waals surface area contributed by atoms with Crippen molar-refractivity contribution in [1.29, 1.82) is 0 Å². The minimum Gasteiger partial charge on any atom is -0.381 e. The van der Waals surface area contributed by atoms with Crippen molar-refractivity contribution in [3.05, 3.63) is 35.9 Å². The Hall–Kier alpha value is -0.900. The fourth-order valence-electron chi connectivity index (χ4n) is 4.41. The molecule has 33 heavy (non-hydrogen) atoms. The zero-order valence-corrected chi connectivity index (χ0v) is 23.9. The van der Waals surface area contributed by atoms with Crippen molar-refractivity contribution >= 4 is 29.9 Å². The highest BCUT2D eigenvalue weighted by molar-refractivity contribution is 14.0. The van der Waals surface area contributed by atoms with Crippen molar-refractivity contribution in [2.45, 2.75) is 77.9 Å². The van der Waals surface area contributed by atoms with Gasteiger partial charge in [0.05, 0.1) is 6.54 Å². The molecule has 2 rings (SSSR count). The van der Waals surface area contributed by atoms with Crippen LogP contribution in [0.1, 0.15) is 71.9 Å². The number of nitrogens with zero attached hydrogens (tertiary/aromatic N) is 2. The molecule has 0 bridgehead atoms. The first-order valence-electron chi connectivity index (χ1n) is 12.7. The normalized spacial score (nSPS) is 17.8. The summed E-state index contributed by atoms with van der Waals surface area (Å²) in [6, 6.07) is 11.3. The molecule has 1 fully saturated rings. The standard InChI is InChI=1S/C26H47N5O.HI/c1-6-27-25(29-22(4)13-12-18-31(7-2)8-3)28-21-26(16-19-32-20-17-26)30-23(5)24-14-10-9-11-15-24;/h9-11,14-15,22-23,30H,6-8,12-13,16-21H2,1-5H3,(H2,27,28,29);1H. The van der Waals surface area contributed by atoms with Gasteiger partial charge in [-0.05, 0) is 71.7 Å². The van der Waals surface area contributed by atoms with Gasteiger partial charge < -0.3 is 25.6 Å². The van der Waals surface area contributed by atoms with Crippen molar-refractivity contribution < 1.29 is 4.74 Å². The lowest BCUT2D eigenvalue weighted by Crippen LogP contribution is -2.53. The second kappa shape index (κ2) is 16.7. The van der Waals surface area contributed by atoms with Gasteiger partial charge in [-0.25, -0.2) is 0 Å². The quantitative estimate of drug-likeness (QED) is 0.183. The van der Waals surface area contributed by atoms with Gasteiger partial charge in [-0.1, -0.05) is 44.2 Å². The van der Waals surface area contributed by atoms with Gasteiger partial charge in [0, 0.05) is 37.4 Å². The third-order valence-electron chi connectivity index (χ3n) is 6.55. The molecule has 190 valence electrons. The Labute approximate surface area is 219 Å². The fourth-order valence-corrected chi connectivity index (χ4v) is 4.41. The second-order valence-corrected chi connectivity index (χ2v) is 9.08. The van der Waals surface area contributed by atoms with Crippen LogP contribution in [0.15, 0.2) is 35.3 Å². The van der Waals surface area contributed by atoms with Crippen molar-refractivity contribution in [3.63, 3.8) is 0 Å². The number of nitrogens with one attached hydrogen (secondary N) is 3. The van der Waals surface area contributed by atoms with E-state index in [0.29, 0.717) is 6.04 Å². The summed E-state index contributed by atoms with van der Waals surface area (Å²) in [7, 11) is 0. The molecule has 1 heterocycles. The van der Waals surface area contributed by atoms with E-state index in [0.717, 1.165) is 71.2 Å². The van der Waals surface area contributed by atoms with Crippen LogP contribution in [0.3, 0.4) is 0 Å². The SMILES string of the molecule is CCNC(=NCC1(NC(C)c2ccccc2)CCOCC1)NC(C)CCCN(CC)CC.I. The van der Waals surface area contributed by atoms with Crippen molar-refractivity contribution in [2.24, 2.45) is 4.99 Å². The van der Waals surface area contributed by atoms with Crippen molar-refractivity contribution in [3.8, 4) is 0 Å². The maximum Gasteiger partial charge on any atom is 0.191 e. The average molecular weight is 574 g/mol. The molecule has 6 nitrogen and oxygen atoms in total. The highest BCUT2D eigenvalue weighted by Crippen LogP contribution is 2.26. The Kier molecular flexibility index (Phi) is 15.2. The van der Waals surface area contributed by atoms with Crippen molar-refractivity contribution in [1.82, 2.24) is 20.9 Å². The number of rotatable bonds is 13. The number of guanidine groups is 1. The summed E-state index contributed by atoms with van der Waals surface area (Å²) in [5.74, 6) is 0.919. The molecule has 1 aliphatic rings. The predicted molar refractivity (Wildman–Crippen MR) is 152 cm³/mol. The van der Waals surface area contributed by atoms with Crippen LogP contribution < -0.4 is 16.0 Å². The summed E-state index contributed by atoms with van der Waals surface area (Å²) in [5, 5.41) is 11.0. The number of halogens is 1. The van der Waals surface area contributed by atoms with Gasteiger partial charge in [-0.3, -0.25) is 4.99 Å². The van der Waals surface area contributed by atoms with Gasteiger partial charge in [0.25, 0.3) is 0 Å². The molecule has 0 amide bonds. The van der Waals surface area contributed by atoms with E-state index < -0.39 is 0 Å². The maximum atomic E-state index is 5.69. The minimum atomic E-state index is -0.0398. The van der Waals surface area contributed by atoms with Crippen LogP contribution in [-0.2, 0) is 4.74 Å². The number of aliphatic imine (C=N–C) groups is 1. The molecule has 1 aromatic carbocycles. The van der Waals surface area contributed by atoms with E-state index in [1.165, 1.54) is 12.0 Å². The highest BCUT2D eigenvalue weighted by Gasteiger charge is 2.34. The Morgan fingerprint density at radius 2 is 1.76 bits per heavy atom. The largest absolute Gasteiger partial charge is 0.381 e. The molecule has 0 radical (unpaired) electrons. The van der Waals surface area contributed by atoms with Crippen LogP contribution in [0.2, 0.25) is 0 Å². The molecule has 1 aliphatic heterocycles.